The first-order chi connectivity index (χ1) is 5.82. The van der Waals surface area contributed by atoms with Crippen LogP contribution < -0.4 is 0 Å². The van der Waals surface area contributed by atoms with Crippen LogP contribution in [0.2, 0.25) is 0 Å². The van der Waals surface area contributed by atoms with Crippen LogP contribution >= 0.6 is 45.2 Å². The van der Waals surface area contributed by atoms with Gasteiger partial charge in [0.05, 0.1) is 0 Å². The first-order valence-corrected chi connectivity index (χ1v) is 7.59. The molecule has 0 aromatic carbocycles. The SMILES string of the molecule is I[C@@H]1[C@H]2[C@H]3[C@@H](I)[C@H]4[C@@H]2[C@H]2[C@@H]1[C@H]3[C@@H]42. The number of alkyl halides is 2. The average Bonchev–Trinajstić information content (AvgIpc) is 2.45. The Balaban J connectivity index is 1.83. The minimum Gasteiger partial charge on any atom is -0.0820 e. The number of hydrogen-bond acceptors (Lipinski definition) is 0. The zero-order valence-corrected chi connectivity index (χ0v) is 10.8. The maximum atomic E-state index is 2.78. The summed E-state index contributed by atoms with van der Waals surface area (Å²) in [5.41, 5.74) is 0. The molecule has 6 saturated carbocycles. The van der Waals surface area contributed by atoms with Crippen LogP contribution in [0, 0.1) is 47.3 Å². The van der Waals surface area contributed by atoms with Gasteiger partial charge in [0, 0.05) is 7.85 Å². The standard InChI is InChI=1S/C10H10I2/c11-9-5-1-2-4(5)8-7(9)3(1)6(2)10(8)12/h1-10H/t1-,2-,3-,4+,5+,6+,7+,8-,9-,10-/m0/s1. The summed E-state index contributed by atoms with van der Waals surface area (Å²) in [4.78, 5) is 0. The Hall–Kier alpha value is 1.46. The Morgan fingerprint density at radius 3 is 1.00 bits per heavy atom. The van der Waals surface area contributed by atoms with Gasteiger partial charge < -0.3 is 0 Å². The molecular formula is C10H10I2. The molecule has 12 heavy (non-hydrogen) atoms. The molecule has 64 valence electrons. The highest BCUT2D eigenvalue weighted by Gasteiger charge is 2.88. The van der Waals surface area contributed by atoms with E-state index in [1.807, 2.05) is 0 Å². The summed E-state index contributed by atoms with van der Waals surface area (Å²) >= 11 is 5.57. The lowest BCUT2D eigenvalue weighted by Gasteiger charge is -2.63. The van der Waals surface area contributed by atoms with E-state index in [0.29, 0.717) is 0 Å². The van der Waals surface area contributed by atoms with Crippen molar-refractivity contribution >= 4 is 45.2 Å². The molecular weight excluding hydrogens is 374 g/mol. The molecule has 0 heterocycles. The molecule has 0 N–H and O–H groups in total. The molecule has 6 aliphatic carbocycles. The third-order valence-corrected chi connectivity index (χ3v) is 9.24. The van der Waals surface area contributed by atoms with E-state index in [1.54, 1.807) is 0 Å². The van der Waals surface area contributed by atoms with Crippen molar-refractivity contribution in [3.8, 4) is 0 Å². The van der Waals surface area contributed by atoms with E-state index >= 15 is 0 Å². The quantitative estimate of drug-likeness (QED) is 0.445. The van der Waals surface area contributed by atoms with Crippen LogP contribution in [0.1, 0.15) is 0 Å². The summed E-state index contributed by atoms with van der Waals surface area (Å²) in [7, 11) is 0. The summed E-state index contributed by atoms with van der Waals surface area (Å²) in [5, 5.41) is 0. The molecule has 6 aliphatic rings. The Morgan fingerprint density at radius 2 is 0.667 bits per heavy atom. The fourth-order valence-electron chi connectivity index (χ4n) is 6.03. The molecule has 0 spiro atoms. The van der Waals surface area contributed by atoms with Crippen molar-refractivity contribution in [2.45, 2.75) is 7.85 Å². The molecule has 4 bridgehead atoms. The van der Waals surface area contributed by atoms with Gasteiger partial charge in [-0.15, -0.1) is 0 Å². The minimum absolute atomic E-state index is 1.11. The summed E-state index contributed by atoms with van der Waals surface area (Å²) < 4.78 is 2.21. The third-order valence-electron chi connectivity index (χ3n) is 5.92. The Bertz CT molecular complexity index is 268. The van der Waals surface area contributed by atoms with Crippen LogP contribution in [-0.2, 0) is 0 Å². The van der Waals surface area contributed by atoms with Crippen molar-refractivity contribution < 1.29 is 0 Å². The van der Waals surface area contributed by atoms with Gasteiger partial charge in [-0.05, 0) is 47.3 Å². The molecule has 6 fully saturated rings. The van der Waals surface area contributed by atoms with Gasteiger partial charge in [0.2, 0.25) is 0 Å². The molecule has 0 aromatic rings. The van der Waals surface area contributed by atoms with Crippen molar-refractivity contribution in [2.75, 3.05) is 0 Å². The summed E-state index contributed by atoms with van der Waals surface area (Å²) in [6.07, 6.45) is 0. The Labute approximate surface area is 99.5 Å². The fraction of sp³-hybridized carbons (Fsp3) is 1.00. The summed E-state index contributed by atoms with van der Waals surface area (Å²) in [5.74, 6) is 9.80. The number of rotatable bonds is 0. The normalized spacial score (nSPS) is 90.5. The lowest BCUT2D eigenvalue weighted by Crippen LogP contribution is -2.61. The first-order valence-electron chi connectivity index (χ1n) is 5.10. The van der Waals surface area contributed by atoms with Gasteiger partial charge >= 0.3 is 0 Å². The van der Waals surface area contributed by atoms with Gasteiger partial charge in [0.15, 0.2) is 0 Å². The van der Waals surface area contributed by atoms with Crippen molar-refractivity contribution in [3.05, 3.63) is 0 Å². The maximum absolute atomic E-state index is 2.78. The zero-order chi connectivity index (χ0) is 7.77. The van der Waals surface area contributed by atoms with E-state index in [1.165, 1.54) is 47.3 Å². The fourth-order valence-corrected chi connectivity index (χ4v) is 9.86. The lowest BCUT2D eigenvalue weighted by molar-refractivity contribution is -0.168. The maximum Gasteiger partial charge on any atom is 0.0178 e. The van der Waals surface area contributed by atoms with E-state index in [2.05, 4.69) is 45.2 Å². The lowest BCUT2D eigenvalue weighted by atomic mass is 9.41. The predicted molar refractivity (Wildman–Crippen MR) is 63.5 cm³/mol. The molecule has 0 unspecified atom stereocenters. The minimum atomic E-state index is 1.11. The first kappa shape index (κ1) is 6.85. The number of halogens is 2. The van der Waals surface area contributed by atoms with Crippen molar-refractivity contribution in [2.24, 2.45) is 47.3 Å². The second-order valence-electron chi connectivity index (χ2n) is 5.51. The van der Waals surface area contributed by atoms with Crippen LogP contribution in [0.25, 0.3) is 0 Å². The zero-order valence-electron chi connectivity index (χ0n) is 6.53. The van der Waals surface area contributed by atoms with Gasteiger partial charge in [-0.25, -0.2) is 0 Å². The van der Waals surface area contributed by atoms with Crippen molar-refractivity contribution in [3.63, 3.8) is 0 Å². The highest BCUT2D eigenvalue weighted by molar-refractivity contribution is 14.1. The predicted octanol–water partition coefficient (Wildman–Crippen LogP) is 2.59. The second kappa shape index (κ2) is 1.65. The molecule has 0 radical (unpaired) electrons. The third kappa shape index (κ3) is 0.380. The molecule has 2 heteroatoms. The van der Waals surface area contributed by atoms with Crippen molar-refractivity contribution in [1.82, 2.24) is 0 Å². The molecule has 0 nitrogen and oxygen atoms in total. The van der Waals surface area contributed by atoms with E-state index in [4.69, 9.17) is 0 Å². The van der Waals surface area contributed by atoms with E-state index in [9.17, 15) is 0 Å². The molecule has 10 atom stereocenters. The van der Waals surface area contributed by atoms with Crippen LogP contribution in [-0.4, -0.2) is 7.85 Å². The largest absolute Gasteiger partial charge is 0.0820 e. The second-order valence-corrected chi connectivity index (χ2v) is 8.38. The van der Waals surface area contributed by atoms with E-state index < -0.39 is 0 Å². The monoisotopic (exact) mass is 384 g/mol. The Morgan fingerprint density at radius 1 is 0.417 bits per heavy atom. The molecule has 0 amide bonds. The van der Waals surface area contributed by atoms with E-state index in [0.717, 1.165) is 7.85 Å². The van der Waals surface area contributed by atoms with Crippen LogP contribution in [0.3, 0.4) is 0 Å². The topological polar surface area (TPSA) is 0 Å². The van der Waals surface area contributed by atoms with Gasteiger partial charge in [0.25, 0.3) is 0 Å². The van der Waals surface area contributed by atoms with Crippen LogP contribution in [0.15, 0.2) is 0 Å². The summed E-state index contributed by atoms with van der Waals surface area (Å²) in [6, 6.07) is 0. The van der Waals surface area contributed by atoms with Crippen LogP contribution in [0.4, 0.5) is 0 Å². The highest BCUT2D eigenvalue weighted by Crippen LogP contribution is 2.90. The van der Waals surface area contributed by atoms with Gasteiger partial charge in [0.1, 0.15) is 0 Å². The molecule has 0 aliphatic heterocycles. The smallest absolute Gasteiger partial charge is 0.0178 e. The highest BCUT2D eigenvalue weighted by atomic mass is 127. The van der Waals surface area contributed by atoms with Gasteiger partial charge in [-0.1, -0.05) is 45.2 Å². The average molecular weight is 384 g/mol. The van der Waals surface area contributed by atoms with Gasteiger partial charge in [-0.3, -0.25) is 0 Å². The summed E-state index contributed by atoms with van der Waals surface area (Å²) in [6.45, 7) is 0. The number of hydrogen-bond donors (Lipinski definition) is 0. The van der Waals surface area contributed by atoms with E-state index in [-0.39, 0.29) is 0 Å². The Kier molecular flexibility index (Phi) is 0.944. The van der Waals surface area contributed by atoms with Gasteiger partial charge in [-0.2, -0.15) is 0 Å². The van der Waals surface area contributed by atoms with Crippen LogP contribution in [0.5, 0.6) is 0 Å². The molecule has 6 rings (SSSR count). The molecule has 0 aromatic heterocycles. The van der Waals surface area contributed by atoms with Crippen molar-refractivity contribution in [1.29, 1.82) is 0 Å². The molecule has 0 saturated heterocycles.